The molecule has 5 heteroatoms. The Kier molecular flexibility index (Phi) is 4.78. The third kappa shape index (κ3) is 3.02. The number of rotatable bonds is 5. The van der Waals surface area contributed by atoms with E-state index in [2.05, 4.69) is 18.1 Å². The van der Waals surface area contributed by atoms with Gasteiger partial charge in [0.25, 0.3) is 0 Å². The fourth-order valence-electron chi connectivity index (χ4n) is 2.27. The second-order valence-corrected chi connectivity index (χ2v) is 5.13. The van der Waals surface area contributed by atoms with Crippen molar-refractivity contribution in [1.82, 2.24) is 9.78 Å². The summed E-state index contributed by atoms with van der Waals surface area (Å²) in [6, 6.07) is 6.44. The Bertz CT molecular complexity index is 595. The van der Waals surface area contributed by atoms with Gasteiger partial charge in [0, 0.05) is 24.7 Å². The highest BCUT2D eigenvalue weighted by atomic mass is 35.5. The molecule has 1 atom stereocenters. The second kappa shape index (κ2) is 6.37. The molecule has 20 heavy (non-hydrogen) atoms. The van der Waals surface area contributed by atoms with Crippen LogP contribution in [0.15, 0.2) is 24.3 Å². The van der Waals surface area contributed by atoms with Gasteiger partial charge in [-0.1, -0.05) is 30.7 Å². The highest BCUT2D eigenvalue weighted by Gasteiger charge is 2.16. The summed E-state index contributed by atoms with van der Waals surface area (Å²) in [4.78, 5) is 0. The molecule has 1 unspecified atom stereocenters. The highest BCUT2D eigenvalue weighted by molar-refractivity contribution is 6.31. The lowest BCUT2D eigenvalue weighted by molar-refractivity contribution is 0.581. The van der Waals surface area contributed by atoms with Crippen LogP contribution < -0.4 is 5.73 Å². The average molecular weight is 296 g/mol. The summed E-state index contributed by atoms with van der Waals surface area (Å²) in [5.41, 5.74) is 8.91. The molecule has 0 aliphatic rings. The van der Waals surface area contributed by atoms with E-state index in [-0.39, 0.29) is 11.1 Å². The maximum absolute atomic E-state index is 13.5. The van der Waals surface area contributed by atoms with Gasteiger partial charge in [-0.05, 0) is 31.0 Å². The fraction of sp³-hybridized carbons (Fsp3) is 0.400. The maximum atomic E-state index is 13.5. The van der Waals surface area contributed by atoms with Gasteiger partial charge in [-0.3, -0.25) is 4.68 Å². The number of hydrogen-bond acceptors (Lipinski definition) is 2. The molecule has 0 radical (unpaired) electrons. The van der Waals surface area contributed by atoms with Gasteiger partial charge in [-0.25, -0.2) is 4.39 Å². The topological polar surface area (TPSA) is 43.8 Å². The third-order valence-electron chi connectivity index (χ3n) is 3.39. The summed E-state index contributed by atoms with van der Waals surface area (Å²) < 4.78 is 15.4. The molecule has 1 heterocycles. The van der Waals surface area contributed by atoms with E-state index < -0.39 is 5.82 Å². The first-order chi connectivity index (χ1) is 9.56. The maximum Gasteiger partial charge on any atom is 0.142 e. The Morgan fingerprint density at radius 3 is 2.80 bits per heavy atom. The molecule has 0 fully saturated rings. The first kappa shape index (κ1) is 15.0. The second-order valence-electron chi connectivity index (χ2n) is 4.75. The largest absolute Gasteiger partial charge is 0.324 e. The number of nitrogens with two attached hydrogens (primary N) is 1. The summed E-state index contributed by atoms with van der Waals surface area (Å²) in [6.07, 6.45) is 1.47. The molecule has 108 valence electrons. The van der Waals surface area contributed by atoms with Crippen LogP contribution >= 0.6 is 11.6 Å². The van der Waals surface area contributed by atoms with Crippen LogP contribution in [0.5, 0.6) is 0 Å². The minimum absolute atomic E-state index is 0.110. The van der Waals surface area contributed by atoms with Crippen LogP contribution in [0.4, 0.5) is 4.39 Å². The molecule has 0 aliphatic carbocycles. The zero-order valence-corrected chi connectivity index (χ0v) is 12.5. The zero-order valence-electron chi connectivity index (χ0n) is 11.7. The van der Waals surface area contributed by atoms with Gasteiger partial charge in [0.05, 0.1) is 10.7 Å². The first-order valence-electron chi connectivity index (χ1n) is 6.81. The van der Waals surface area contributed by atoms with Crippen LogP contribution in [0, 0.1) is 5.82 Å². The van der Waals surface area contributed by atoms with Crippen LogP contribution in [-0.2, 0) is 19.4 Å². The lowest BCUT2D eigenvalue weighted by Crippen LogP contribution is -2.16. The SMILES string of the molecule is CCc1cc(CC(N)c2cccc(F)c2Cl)n(CC)n1. The number of hydrogen-bond donors (Lipinski definition) is 1. The van der Waals surface area contributed by atoms with Gasteiger partial charge in [0.15, 0.2) is 0 Å². The molecule has 0 aliphatic heterocycles. The molecular formula is C15H19ClFN3. The molecular weight excluding hydrogens is 277 g/mol. The summed E-state index contributed by atoms with van der Waals surface area (Å²) in [5, 5.41) is 4.60. The Hall–Kier alpha value is -1.39. The van der Waals surface area contributed by atoms with E-state index in [4.69, 9.17) is 17.3 Å². The van der Waals surface area contributed by atoms with Crippen molar-refractivity contribution in [2.45, 2.75) is 39.3 Å². The minimum Gasteiger partial charge on any atom is -0.324 e. The van der Waals surface area contributed by atoms with Gasteiger partial charge in [-0.15, -0.1) is 0 Å². The molecule has 2 rings (SSSR count). The Labute approximate surface area is 123 Å². The van der Waals surface area contributed by atoms with Crippen molar-refractivity contribution in [2.24, 2.45) is 5.73 Å². The summed E-state index contributed by atoms with van der Waals surface area (Å²) >= 11 is 5.98. The molecule has 3 nitrogen and oxygen atoms in total. The number of aromatic nitrogens is 2. The molecule has 0 saturated carbocycles. The van der Waals surface area contributed by atoms with Crippen LogP contribution in [0.25, 0.3) is 0 Å². The third-order valence-corrected chi connectivity index (χ3v) is 3.78. The lowest BCUT2D eigenvalue weighted by atomic mass is 10.0. The van der Waals surface area contributed by atoms with Gasteiger partial charge in [-0.2, -0.15) is 5.10 Å². The fourth-order valence-corrected chi connectivity index (χ4v) is 2.53. The van der Waals surface area contributed by atoms with Crippen molar-refractivity contribution >= 4 is 11.6 Å². The van der Waals surface area contributed by atoms with Crippen molar-refractivity contribution in [2.75, 3.05) is 0 Å². The Morgan fingerprint density at radius 1 is 1.40 bits per heavy atom. The van der Waals surface area contributed by atoms with Gasteiger partial charge in [0.1, 0.15) is 5.82 Å². The van der Waals surface area contributed by atoms with Gasteiger partial charge >= 0.3 is 0 Å². The predicted octanol–water partition coefficient (Wildman–Crippen LogP) is 3.50. The number of nitrogens with zero attached hydrogens (tertiary/aromatic N) is 2. The van der Waals surface area contributed by atoms with E-state index in [1.807, 2.05) is 11.6 Å². The van der Waals surface area contributed by atoms with E-state index >= 15 is 0 Å². The number of benzene rings is 1. The standard InChI is InChI=1S/C15H19ClFN3/c1-3-10-8-11(20(4-2)19-10)9-14(18)12-6-5-7-13(17)15(12)16/h5-8,14H,3-4,9,18H2,1-2H3. The van der Waals surface area contributed by atoms with Crippen molar-refractivity contribution < 1.29 is 4.39 Å². The van der Waals surface area contributed by atoms with E-state index in [1.165, 1.54) is 6.07 Å². The summed E-state index contributed by atoms with van der Waals surface area (Å²) in [7, 11) is 0. The zero-order chi connectivity index (χ0) is 14.7. The quantitative estimate of drug-likeness (QED) is 0.917. The van der Waals surface area contributed by atoms with Crippen molar-refractivity contribution in [3.63, 3.8) is 0 Å². The van der Waals surface area contributed by atoms with E-state index in [0.29, 0.717) is 12.0 Å². The molecule has 0 spiro atoms. The normalized spacial score (nSPS) is 12.7. The van der Waals surface area contributed by atoms with Crippen molar-refractivity contribution in [3.05, 3.63) is 52.1 Å². The minimum atomic E-state index is -0.433. The lowest BCUT2D eigenvalue weighted by Gasteiger charge is -2.14. The molecule has 2 N–H and O–H groups in total. The van der Waals surface area contributed by atoms with Crippen LogP contribution in [0.1, 0.15) is 36.8 Å². The van der Waals surface area contributed by atoms with E-state index in [1.54, 1.807) is 12.1 Å². The van der Waals surface area contributed by atoms with E-state index in [9.17, 15) is 4.39 Å². The Balaban J connectivity index is 2.25. The Morgan fingerprint density at radius 2 is 2.15 bits per heavy atom. The monoisotopic (exact) mass is 295 g/mol. The smallest absolute Gasteiger partial charge is 0.142 e. The molecule has 1 aromatic carbocycles. The van der Waals surface area contributed by atoms with Crippen LogP contribution in [0.3, 0.4) is 0 Å². The predicted molar refractivity (Wildman–Crippen MR) is 79.3 cm³/mol. The van der Waals surface area contributed by atoms with Gasteiger partial charge < -0.3 is 5.73 Å². The van der Waals surface area contributed by atoms with Crippen molar-refractivity contribution in [1.29, 1.82) is 0 Å². The molecule has 1 aromatic heterocycles. The first-order valence-corrected chi connectivity index (χ1v) is 7.19. The molecule has 0 bridgehead atoms. The van der Waals surface area contributed by atoms with Crippen LogP contribution in [0.2, 0.25) is 5.02 Å². The van der Waals surface area contributed by atoms with Gasteiger partial charge in [0.2, 0.25) is 0 Å². The molecule has 0 amide bonds. The highest BCUT2D eigenvalue weighted by Crippen LogP contribution is 2.26. The number of halogens is 2. The molecule has 2 aromatic rings. The molecule has 0 saturated heterocycles. The summed E-state index contributed by atoms with van der Waals surface area (Å²) in [5.74, 6) is -0.433. The number of aryl methyl sites for hydroxylation is 2. The summed E-state index contributed by atoms with van der Waals surface area (Å²) in [6.45, 7) is 4.89. The van der Waals surface area contributed by atoms with Crippen molar-refractivity contribution in [3.8, 4) is 0 Å². The average Bonchev–Trinajstić information content (AvgIpc) is 2.84. The van der Waals surface area contributed by atoms with E-state index in [0.717, 1.165) is 24.4 Å². The van der Waals surface area contributed by atoms with Crippen LogP contribution in [-0.4, -0.2) is 9.78 Å².